The summed E-state index contributed by atoms with van der Waals surface area (Å²) in [6, 6.07) is 8.90. The lowest BCUT2D eigenvalue weighted by Crippen LogP contribution is -2.30. The van der Waals surface area contributed by atoms with E-state index < -0.39 is 0 Å². The van der Waals surface area contributed by atoms with Crippen molar-refractivity contribution >= 4 is 12.6 Å². The summed E-state index contributed by atoms with van der Waals surface area (Å²) in [4.78, 5) is 2.61. The second-order valence-electron chi connectivity index (χ2n) is 5.06. The molecule has 0 saturated heterocycles. The third-order valence-corrected chi connectivity index (χ3v) is 4.30. The molecule has 1 unspecified atom stereocenters. The molecule has 1 aliphatic rings. The van der Waals surface area contributed by atoms with Gasteiger partial charge in [-0.3, -0.25) is 4.90 Å². The summed E-state index contributed by atoms with van der Waals surface area (Å²) >= 11 is 4.45. The molecule has 1 aromatic rings. The SMILES string of the molecule is CCC(CS)CN1CCCc2ccccc2C1. The number of rotatable bonds is 4. The van der Waals surface area contributed by atoms with Gasteiger partial charge in [0.15, 0.2) is 0 Å². The van der Waals surface area contributed by atoms with E-state index in [0.29, 0.717) is 0 Å². The highest BCUT2D eigenvalue weighted by Crippen LogP contribution is 2.20. The van der Waals surface area contributed by atoms with E-state index in [9.17, 15) is 0 Å². The van der Waals surface area contributed by atoms with E-state index in [4.69, 9.17) is 0 Å². The third kappa shape index (κ3) is 3.49. The first-order valence-corrected chi connectivity index (χ1v) is 7.36. The highest BCUT2D eigenvalue weighted by Gasteiger charge is 2.16. The predicted octanol–water partition coefficient (Wildman–Crippen LogP) is 3.39. The molecular weight excluding hydrogens is 226 g/mol. The molecule has 0 bridgehead atoms. The average molecular weight is 249 g/mol. The standard InChI is InChI=1S/C15H23NS/c1-2-13(12-17)10-16-9-5-8-14-6-3-4-7-15(14)11-16/h3-4,6-7,13,17H,2,5,8-12H2,1H3. The van der Waals surface area contributed by atoms with E-state index in [1.807, 2.05) is 0 Å². The van der Waals surface area contributed by atoms with Gasteiger partial charge in [-0.2, -0.15) is 12.6 Å². The van der Waals surface area contributed by atoms with E-state index in [-0.39, 0.29) is 0 Å². The lowest BCUT2D eigenvalue weighted by molar-refractivity contribution is 0.232. The molecule has 1 aliphatic heterocycles. The molecule has 0 aliphatic carbocycles. The van der Waals surface area contributed by atoms with Gasteiger partial charge >= 0.3 is 0 Å². The summed E-state index contributed by atoms with van der Waals surface area (Å²) in [5, 5.41) is 0. The van der Waals surface area contributed by atoms with Crippen LogP contribution in [-0.4, -0.2) is 23.7 Å². The normalized spacial score (nSPS) is 18.5. The summed E-state index contributed by atoms with van der Waals surface area (Å²) in [7, 11) is 0. The minimum absolute atomic E-state index is 0.739. The van der Waals surface area contributed by atoms with E-state index in [2.05, 4.69) is 48.7 Å². The summed E-state index contributed by atoms with van der Waals surface area (Å²) in [5.74, 6) is 1.75. The van der Waals surface area contributed by atoms with Crippen LogP contribution in [-0.2, 0) is 13.0 Å². The minimum atomic E-state index is 0.739. The topological polar surface area (TPSA) is 3.24 Å². The van der Waals surface area contributed by atoms with Gasteiger partial charge in [0, 0.05) is 13.1 Å². The first-order chi connectivity index (χ1) is 8.33. The van der Waals surface area contributed by atoms with Gasteiger partial charge in [-0.1, -0.05) is 37.6 Å². The van der Waals surface area contributed by atoms with Crippen LogP contribution in [0.4, 0.5) is 0 Å². The van der Waals surface area contributed by atoms with Crippen molar-refractivity contribution in [1.82, 2.24) is 4.90 Å². The van der Waals surface area contributed by atoms with Gasteiger partial charge in [0.05, 0.1) is 0 Å². The number of benzene rings is 1. The fraction of sp³-hybridized carbons (Fsp3) is 0.600. The second kappa shape index (κ2) is 6.46. The van der Waals surface area contributed by atoms with E-state index in [1.165, 1.54) is 37.9 Å². The van der Waals surface area contributed by atoms with Crippen LogP contribution in [0, 0.1) is 5.92 Å². The molecule has 1 heterocycles. The number of nitrogens with zero attached hydrogens (tertiary/aromatic N) is 1. The Bertz CT molecular complexity index is 347. The fourth-order valence-corrected chi connectivity index (χ4v) is 2.98. The quantitative estimate of drug-likeness (QED) is 0.801. The number of hydrogen-bond acceptors (Lipinski definition) is 2. The predicted molar refractivity (Wildman–Crippen MR) is 77.7 cm³/mol. The number of hydrogen-bond donors (Lipinski definition) is 1. The van der Waals surface area contributed by atoms with Crippen LogP contribution in [0.15, 0.2) is 24.3 Å². The molecule has 1 nitrogen and oxygen atoms in total. The molecule has 1 aromatic carbocycles. The summed E-state index contributed by atoms with van der Waals surface area (Å²) < 4.78 is 0. The maximum atomic E-state index is 4.45. The Morgan fingerprint density at radius 1 is 1.29 bits per heavy atom. The van der Waals surface area contributed by atoms with Crippen LogP contribution in [0.1, 0.15) is 30.9 Å². The zero-order valence-electron chi connectivity index (χ0n) is 10.7. The van der Waals surface area contributed by atoms with E-state index in [0.717, 1.165) is 18.2 Å². The molecule has 0 aromatic heterocycles. The summed E-state index contributed by atoms with van der Waals surface area (Å²) in [5.41, 5.74) is 3.08. The molecule has 0 fully saturated rings. The number of aryl methyl sites for hydroxylation is 1. The van der Waals surface area contributed by atoms with Gasteiger partial charge in [-0.15, -0.1) is 0 Å². The van der Waals surface area contributed by atoms with Crippen molar-refractivity contribution in [1.29, 1.82) is 0 Å². The van der Waals surface area contributed by atoms with Crippen LogP contribution < -0.4 is 0 Å². The Morgan fingerprint density at radius 2 is 2.06 bits per heavy atom. The highest BCUT2D eigenvalue weighted by molar-refractivity contribution is 7.80. The number of fused-ring (bicyclic) bond motifs is 1. The van der Waals surface area contributed by atoms with Gasteiger partial charge < -0.3 is 0 Å². The Kier molecular flexibility index (Phi) is 4.93. The second-order valence-corrected chi connectivity index (χ2v) is 5.43. The van der Waals surface area contributed by atoms with Gasteiger partial charge in [0.25, 0.3) is 0 Å². The van der Waals surface area contributed by atoms with Gasteiger partial charge in [-0.25, -0.2) is 0 Å². The van der Waals surface area contributed by atoms with Crippen molar-refractivity contribution in [2.75, 3.05) is 18.8 Å². The highest BCUT2D eigenvalue weighted by atomic mass is 32.1. The molecule has 94 valence electrons. The lowest BCUT2D eigenvalue weighted by Gasteiger charge is -2.24. The van der Waals surface area contributed by atoms with Crippen molar-refractivity contribution in [2.45, 2.75) is 32.7 Å². The Hall–Kier alpha value is -0.470. The molecule has 17 heavy (non-hydrogen) atoms. The number of thiol groups is 1. The monoisotopic (exact) mass is 249 g/mol. The van der Waals surface area contributed by atoms with E-state index >= 15 is 0 Å². The smallest absolute Gasteiger partial charge is 0.0236 e. The van der Waals surface area contributed by atoms with Crippen LogP contribution in [0.3, 0.4) is 0 Å². The fourth-order valence-electron chi connectivity index (χ4n) is 2.61. The van der Waals surface area contributed by atoms with E-state index in [1.54, 1.807) is 5.56 Å². The molecule has 0 spiro atoms. The molecule has 0 N–H and O–H groups in total. The Balaban J connectivity index is 2.02. The maximum absolute atomic E-state index is 4.45. The van der Waals surface area contributed by atoms with Crippen LogP contribution in [0.2, 0.25) is 0 Å². The zero-order valence-corrected chi connectivity index (χ0v) is 11.6. The first kappa shape index (κ1) is 13.0. The Morgan fingerprint density at radius 3 is 2.76 bits per heavy atom. The van der Waals surface area contributed by atoms with Crippen LogP contribution >= 0.6 is 12.6 Å². The van der Waals surface area contributed by atoms with Crippen molar-refractivity contribution in [2.24, 2.45) is 5.92 Å². The van der Waals surface area contributed by atoms with Crippen molar-refractivity contribution in [3.05, 3.63) is 35.4 Å². The minimum Gasteiger partial charge on any atom is -0.299 e. The van der Waals surface area contributed by atoms with Gasteiger partial charge in [-0.05, 0) is 42.2 Å². The molecule has 0 saturated carbocycles. The van der Waals surface area contributed by atoms with Crippen molar-refractivity contribution in [3.63, 3.8) is 0 Å². The molecule has 0 amide bonds. The third-order valence-electron chi connectivity index (χ3n) is 3.78. The molecule has 2 heteroatoms. The molecular formula is C15H23NS. The van der Waals surface area contributed by atoms with Crippen LogP contribution in [0.5, 0.6) is 0 Å². The van der Waals surface area contributed by atoms with Crippen molar-refractivity contribution in [3.8, 4) is 0 Å². The summed E-state index contributed by atoms with van der Waals surface area (Å²) in [6.45, 7) is 5.83. The van der Waals surface area contributed by atoms with Gasteiger partial charge in [0.1, 0.15) is 0 Å². The lowest BCUT2D eigenvalue weighted by atomic mass is 10.0. The molecule has 1 atom stereocenters. The largest absolute Gasteiger partial charge is 0.299 e. The summed E-state index contributed by atoms with van der Waals surface area (Å²) in [6.07, 6.45) is 3.77. The van der Waals surface area contributed by atoms with Gasteiger partial charge in [0.2, 0.25) is 0 Å². The zero-order chi connectivity index (χ0) is 12.1. The van der Waals surface area contributed by atoms with Crippen LogP contribution in [0.25, 0.3) is 0 Å². The average Bonchev–Trinajstić information content (AvgIpc) is 2.57. The molecule has 0 radical (unpaired) electrons. The first-order valence-electron chi connectivity index (χ1n) is 6.73. The molecule has 2 rings (SSSR count). The Labute approximate surface area is 111 Å². The van der Waals surface area contributed by atoms with Crippen molar-refractivity contribution < 1.29 is 0 Å². The maximum Gasteiger partial charge on any atom is 0.0236 e.